The highest BCUT2D eigenvalue weighted by Gasteiger charge is 2.19. The number of rotatable bonds is 5. The van der Waals surface area contributed by atoms with Gasteiger partial charge in [-0.2, -0.15) is 0 Å². The van der Waals surface area contributed by atoms with Gasteiger partial charge in [0.15, 0.2) is 0 Å². The van der Waals surface area contributed by atoms with Crippen molar-refractivity contribution in [2.45, 2.75) is 25.4 Å². The van der Waals surface area contributed by atoms with Crippen LogP contribution in [0.4, 0.5) is 5.69 Å². The van der Waals surface area contributed by atoms with Gasteiger partial charge in [0.25, 0.3) is 0 Å². The first-order chi connectivity index (χ1) is 10.3. The molecule has 2 aromatic carbocycles. The van der Waals surface area contributed by atoms with Gasteiger partial charge in [-0.3, -0.25) is 0 Å². The number of aryl methyl sites for hydroxylation is 1. The Bertz CT molecular complexity index is 599. The van der Waals surface area contributed by atoms with Gasteiger partial charge in [0, 0.05) is 17.3 Å². The van der Waals surface area contributed by atoms with Crippen molar-refractivity contribution in [2.24, 2.45) is 0 Å². The van der Waals surface area contributed by atoms with Crippen LogP contribution in [0, 0.1) is 0 Å². The van der Waals surface area contributed by atoms with E-state index in [0.717, 1.165) is 23.7 Å². The molecular weight excluding hydrogens is 282 g/mol. The normalized spacial score (nSPS) is 17.3. The second-order valence-electron chi connectivity index (χ2n) is 5.39. The summed E-state index contributed by atoms with van der Waals surface area (Å²) in [7, 11) is 0. The molecule has 0 bridgehead atoms. The Balaban J connectivity index is 1.50. The van der Waals surface area contributed by atoms with E-state index >= 15 is 0 Å². The van der Waals surface area contributed by atoms with Crippen molar-refractivity contribution in [2.75, 3.05) is 18.5 Å². The zero-order chi connectivity index (χ0) is 14.5. The summed E-state index contributed by atoms with van der Waals surface area (Å²) in [5.74, 6) is 0. The average molecular weight is 302 g/mol. The predicted molar refractivity (Wildman–Crippen MR) is 88.0 cm³/mol. The van der Waals surface area contributed by atoms with Gasteiger partial charge in [0.1, 0.15) is 0 Å². The van der Waals surface area contributed by atoms with Crippen LogP contribution in [0.1, 0.15) is 30.1 Å². The molecule has 1 N–H and O–H groups in total. The molecule has 0 amide bonds. The Morgan fingerprint density at radius 1 is 1.14 bits per heavy atom. The van der Waals surface area contributed by atoms with Crippen LogP contribution in [0.25, 0.3) is 0 Å². The number of anilines is 1. The van der Waals surface area contributed by atoms with E-state index in [2.05, 4.69) is 29.6 Å². The van der Waals surface area contributed by atoms with Crippen LogP contribution < -0.4 is 5.32 Å². The number of hydrogen-bond acceptors (Lipinski definition) is 2. The van der Waals surface area contributed by atoms with Crippen LogP contribution >= 0.6 is 11.6 Å². The van der Waals surface area contributed by atoms with Gasteiger partial charge in [0.05, 0.1) is 12.7 Å². The van der Waals surface area contributed by atoms with E-state index in [4.69, 9.17) is 16.3 Å². The first-order valence-corrected chi connectivity index (χ1v) is 7.89. The maximum atomic E-state index is 6.07. The van der Waals surface area contributed by atoms with Crippen molar-refractivity contribution in [3.8, 4) is 0 Å². The molecule has 1 aliphatic carbocycles. The first kappa shape index (κ1) is 14.4. The molecule has 0 saturated carbocycles. The van der Waals surface area contributed by atoms with Crippen LogP contribution in [0.5, 0.6) is 0 Å². The highest BCUT2D eigenvalue weighted by Crippen LogP contribution is 2.32. The molecule has 0 saturated heterocycles. The fourth-order valence-electron chi connectivity index (χ4n) is 2.88. The number of benzene rings is 2. The molecule has 3 heteroatoms. The smallest absolute Gasteiger partial charge is 0.0828 e. The molecule has 2 nitrogen and oxygen atoms in total. The SMILES string of the molecule is Clc1cccc(NCCOC2CCCc3ccccc32)c1. The van der Waals surface area contributed by atoms with Gasteiger partial charge < -0.3 is 10.1 Å². The van der Waals surface area contributed by atoms with E-state index in [1.165, 1.54) is 24.0 Å². The Morgan fingerprint density at radius 3 is 2.95 bits per heavy atom. The standard InChI is InChI=1S/C18H20ClNO/c19-15-7-4-8-16(13-15)20-11-12-21-18-10-3-6-14-5-1-2-9-17(14)18/h1-2,4-5,7-9,13,18,20H,3,6,10-12H2. The number of halogens is 1. The number of hydrogen-bond donors (Lipinski definition) is 1. The molecule has 0 aromatic heterocycles. The van der Waals surface area contributed by atoms with E-state index in [0.29, 0.717) is 6.61 Å². The first-order valence-electron chi connectivity index (χ1n) is 7.52. The molecule has 1 unspecified atom stereocenters. The molecule has 21 heavy (non-hydrogen) atoms. The van der Waals surface area contributed by atoms with E-state index in [-0.39, 0.29) is 6.10 Å². The van der Waals surface area contributed by atoms with E-state index in [1.807, 2.05) is 24.3 Å². The van der Waals surface area contributed by atoms with Gasteiger partial charge in [-0.05, 0) is 48.6 Å². The summed E-state index contributed by atoms with van der Waals surface area (Å²) in [5, 5.41) is 4.09. The van der Waals surface area contributed by atoms with Crippen LogP contribution in [-0.2, 0) is 11.2 Å². The molecule has 110 valence electrons. The Kier molecular flexibility index (Phi) is 4.79. The molecule has 0 heterocycles. The lowest BCUT2D eigenvalue weighted by Gasteiger charge is -2.25. The maximum Gasteiger partial charge on any atom is 0.0828 e. The van der Waals surface area contributed by atoms with Crippen molar-refractivity contribution in [1.82, 2.24) is 0 Å². The monoisotopic (exact) mass is 301 g/mol. The zero-order valence-corrected chi connectivity index (χ0v) is 12.8. The largest absolute Gasteiger partial charge is 0.383 e. The molecular formula is C18H20ClNO. The molecule has 0 fully saturated rings. The maximum absolute atomic E-state index is 6.07. The average Bonchev–Trinajstić information content (AvgIpc) is 2.52. The summed E-state index contributed by atoms with van der Waals surface area (Å²) >= 11 is 5.96. The lowest BCUT2D eigenvalue weighted by atomic mass is 9.89. The summed E-state index contributed by atoms with van der Waals surface area (Å²) in [6, 6.07) is 16.4. The minimum Gasteiger partial charge on any atom is -0.383 e. The third kappa shape index (κ3) is 3.78. The van der Waals surface area contributed by atoms with Crippen molar-refractivity contribution in [3.63, 3.8) is 0 Å². The van der Waals surface area contributed by atoms with Gasteiger partial charge in [-0.1, -0.05) is 41.9 Å². The quantitative estimate of drug-likeness (QED) is 0.797. The van der Waals surface area contributed by atoms with Gasteiger partial charge in [-0.25, -0.2) is 0 Å². The highest BCUT2D eigenvalue weighted by molar-refractivity contribution is 6.30. The van der Waals surface area contributed by atoms with Crippen LogP contribution in [0.15, 0.2) is 48.5 Å². The second kappa shape index (κ2) is 6.97. The van der Waals surface area contributed by atoms with E-state index in [9.17, 15) is 0 Å². The van der Waals surface area contributed by atoms with Crippen molar-refractivity contribution < 1.29 is 4.74 Å². The summed E-state index contributed by atoms with van der Waals surface area (Å²) in [4.78, 5) is 0. The Labute approximate surface area is 131 Å². The second-order valence-corrected chi connectivity index (χ2v) is 5.82. The summed E-state index contributed by atoms with van der Waals surface area (Å²) in [5.41, 5.74) is 3.85. The fraction of sp³-hybridized carbons (Fsp3) is 0.333. The lowest BCUT2D eigenvalue weighted by molar-refractivity contribution is 0.0477. The van der Waals surface area contributed by atoms with Crippen molar-refractivity contribution in [3.05, 3.63) is 64.7 Å². The molecule has 2 aromatic rings. The number of fused-ring (bicyclic) bond motifs is 1. The summed E-state index contributed by atoms with van der Waals surface area (Å²) < 4.78 is 6.07. The van der Waals surface area contributed by atoms with Crippen molar-refractivity contribution >= 4 is 17.3 Å². The third-order valence-corrected chi connectivity index (χ3v) is 4.12. The minimum atomic E-state index is 0.246. The number of nitrogens with one attached hydrogen (secondary N) is 1. The fourth-order valence-corrected chi connectivity index (χ4v) is 3.07. The van der Waals surface area contributed by atoms with Crippen LogP contribution in [0.2, 0.25) is 5.02 Å². The van der Waals surface area contributed by atoms with E-state index < -0.39 is 0 Å². The molecule has 0 spiro atoms. The number of ether oxygens (including phenoxy) is 1. The molecule has 1 aliphatic rings. The van der Waals surface area contributed by atoms with Crippen LogP contribution in [0.3, 0.4) is 0 Å². The highest BCUT2D eigenvalue weighted by atomic mass is 35.5. The van der Waals surface area contributed by atoms with Crippen molar-refractivity contribution in [1.29, 1.82) is 0 Å². The molecule has 3 rings (SSSR count). The van der Waals surface area contributed by atoms with Gasteiger partial charge in [0.2, 0.25) is 0 Å². The Morgan fingerprint density at radius 2 is 2.05 bits per heavy atom. The predicted octanol–water partition coefficient (Wildman–Crippen LogP) is 4.85. The van der Waals surface area contributed by atoms with Gasteiger partial charge in [-0.15, -0.1) is 0 Å². The zero-order valence-electron chi connectivity index (χ0n) is 12.0. The topological polar surface area (TPSA) is 21.3 Å². The summed E-state index contributed by atoms with van der Waals surface area (Å²) in [6.07, 6.45) is 3.75. The molecule has 1 atom stereocenters. The third-order valence-electron chi connectivity index (χ3n) is 3.89. The molecule has 0 aliphatic heterocycles. The molecule has 0 radical (unpaired) electrons. The van der Waals surface area contributed by atoms with Gasteiger partial charge >= 0.3 is 0 Å². The minimum absolute atomic E-state index is 0.246. The lowest BCUT2D eigenvalue weighted by Crippen LogP contribution is -2.17. The van der Waals surface area contributed by atoms with Crippen LogP contribution in [-0.4, -0.2) is 13.2 Å². The summed E-state index contributed by atoms with van der Waals surface area (Å²) in [6.45, 7) is 1.49. The Hall–Kier alpha value is -1.51. The van der Waals surface area contributed by atoms with E-state index in [1.54, 1.807) is 0 Å².